The number of nitrogens with zero attached hydrogens (tertiary/aromatic N) is 3. The Morgan fingerprint density at radius 3 is 2.80 bits per heavy atom. The van der Waals surface area contributed by atoms with Crippen LogP contribution < -0.4 is 11.3 Å². The minimum atomic E-state index is -3.65. The Labute approximate surface area is 119 Å². The molecule has 0 aliphatic rings. The second-order valence-electron chi connectivity index (χ2n) is 4.69. The number of rotatable bonds is 7. The zero-order valence-corrected chi connectivity index (χ0v) is 12.4. The molecule has 0 spiro atoms. The first kappa shape index (κ1) is 16.4. The summed E-state index contributed by atoms with van der Waals surface area (Å²) in [6.45, 7) is 4.38. The number of hydrogen-bond acceptors (Lipinski definition) is 6. The highest BCUT2D eigenvalue weighted by Gasteiger charge is 2.25. The lowest BCUT2D eigenvalue weighted by molar-refractivity contribution is 0.373. The van der Waals surface area contributed by atoms with Crippen molar-refractivity contribution < 1.29 is 8.42 Å². The summed E-state index contributed by atoms with van der Waals surface area (Å²) in [5.41, 5.74) is 2.32. The van der Waals surface area contributed by atoms with E-state index in [-0.39, 0.29) is 29.6 Å². The van der Waals surface area contributed by atoms with Gasteiger partial charge in [0.15, 0.2) is 0 Å². The molecular formula is C12H19N5O2S. The Bertz CT molecular complexity index is 580. The van der Waals surface area contributed by atoms with E-state index in [4.69, 9.17) is 11.1 Å². The summed E-state index contributed by atoms with van der Waals surface area (Å²) in [6.07, 6.45) is 1.53. The second kappa shape index (κ2) is 7.19. The van der Waals surface area contributed by atoms with Gasteiger partial charge in [-0.3, -0.25) is 0 Å². The molecule has 0 saturated heterocycles. The monoisotopic (exact) mass is 297 g/mol. The van der Waals surface area contributed by atoms with Crippen LogP contribution in [0.25, 0.3) is 0 Å². The van der Waals surface area contributed by atoms with E-state index in [1.165, 1.54) is 22.6 Å². The molecule has 1 aromatic heterocycles. The van der Waals surface area contributed by atoms with Gasteiger partial charge in [-0.2, -0.15) is 9.57 Å². The highest BCUT2D eigenvalue weighted by Crippen LogP contribution is 2.19. The molecule has 8 heteroatoms. The van der Waals surface area contributed by atoms with Crippen LogP contribution in [-0.4, -0.2) is 30.8 Å². The van der Waals surface area contributed by atoms with Crippen LogP contribution in [0.3, 0.4) is 0 Å². The number of pyridine rings is 1. The number of nitrogen functional groups attached to an aromatic ring is 1. The molecule has 0 saturated carbocycles. The lowest BCUT2D eigenvalue weighted by Crippen LogP contribution is -2.35. The van der Waals surface area contributed by atoms with Gasteiger partial charge in [-0.1, -0.05) is 13.8 Å². The smallest absolute Gasteiger partial charge is 0.243 e. The van der Waals surface area contributed by atoms with Crippen molar-refractivity contribution in [2.75, 3.05) is 18.5 Å². The molecular weight excluding hydrogens is 278 g/mol. The molecule has 0 aromatic carbocycles. The number of hydrogen-bond donors (Lipinski definition) is 2. The van der Waals surface area contributed by atoms with Crippen molar-refractivity contribution >= 4 is 15.8 Å². The van der Waals surface area contributed by atoms with Crippen LogP contribution in [0.4, 0.5) is 5.82 Å². The molecule has 0 unspecified atom stereocenters. The SMILES string of the molecule is CC(C)CN(CCC#N)S(=O)(=O)c1ccnc(NN)c1. The maximum absolute atomic E-state index is 12.6. The maximum atomic E-state index is 12.6. The molecule has 1 heterocycles. The molecule has 20 heavy (non-hydrogen) atoms. The second-order valence-corrected chi connectivity index (χ2v) is 6.62. The summed E-state index contributed by atoms with van der Waals surface area (Å²) in [5.74, 6) is 5.67. The van der Waals surface area contributed by atoms with Gasteiger partial charge in [-0.25, -0.2) is 19.2 Å². The van der Waals surface area contributed by atoms with Gasteiger partial charge in [-0.05, 0) is 12.0 Å². The van der Waals surface area contributed by atoms with Gasteiger partial charge in [0.1, 0.15) is 5.82 Å². The Hall–Kier alpha value is -1.69. The molecule has 1 rings (SSSR count). The van der Waals surface area contributed by atoms with Gasteiger partial charge in [0, 0.05) is 31.8 Å². The van der Waals surface area contributed by atoms with Crippen molar-refractivity contribution in [2.24, 2.45) is 11.8 Å². The average Bonchev–Trinajstić information content (AvgIpc) is 2.43. The van der Waals surface area contributed by atoms with Gasteiger partial charge in [-0.15, -0.1) is 0 Å². The standard InChI is InChI=1S/C12H19N5O2S/c1-10(2)9-17(7-3-5-13)20(18,19)11-4-6-15-12(8-11)16-14/h4,6,8,10H,3,7,9,14H2,1-2H3,(H,15,16). The number of anilines is 1. The number of sulfonamides is 1. The minimum absolute atomic E-state index is 0.110. The number of nitrogens with two attached hydrogens (primary N) is 1. The van der Waals surface area contributed by atoms with E-state index in [0.717, 1.165) is 0 Å². The molecule has 0 radical (unpaired) electrons. The third-order valence-corrected chi connectivity index (χ3v) is 4.42. The molecule has 0 bridgehead atoms. The van der Waals surface area contributed by atoms with Crippen LogP contribution >= 0.6 is 0 Å². The van der Waals surface area contributed by atoms with Crippen LogP contribution in [0.5, 0.6) is 0 Å². The highest BCUT2D eigenvalue weighted by molar-refractivity contribution is 7.89. The van der Waals surface area contributed by atoms with E-state index in [1.54, 1.807) is 0 Å². The Morgan fingerprint density at radius 2 is 2.25 bits per heavy atom. The van der Waals surface area contributed by atoms with Crippen molar-refractivity contribution in [1.29, 1.82) is 5.26 Å². The lowest BCUT2D eigenvalue weighted by Gasteiger charge is -2.23. The van der Waals surface area contributed by atoms with Crippen LogP contribution in [0, 0.1) is 17.2 Å². The summed E-state index contributed by atoms with van der Waals surface area (Å²) >= 11 is 0. The van der Waals surface area contributed by atoms with E-state index in [0.29, 0.717) is 6.54 Å². The number of aromatic nitrogens is 1. The number of hydrazine groups is 1. The summed E-state index contributed by atoms with van der Waals surface area (Å²) < 4.78 is 26.4. The Balaban J connectivity index is 3.11. The van der Waals surface area contributed by atoms with Crippen molar-refractivity contribution in [3.8, 4) is 6.07 Å². The van der Waals surface area contributed by atoms with Gasteiger partial charge in [0.25, 0.3) is 0 Å². The van der Waals surface area contributed by atoms with Crippen molar-refractivity contribution in [1.82, 2.24) is 9.29 Å². The van der Waals surface area contributed by atoms with Crippen LogP contribution in [0.2, 0.25) is 0 Å². The normalized spacial score (nSPS) is 11.6. The first-order valence-corrected chi connectivity index (χ1v) is 7.65. The highest BCUT2D eigenvalue weighted by atomic mass is 32.2. The molecule has 3 N–H and O–H groups in total. The summed E-state index contributed by atoms with van der Waals surface area (Å²) in [5, 5.41) is 8.66. The molecule has 7 nitrogen and oxygen atoms in total. The predicted molar refractivity (Wildman–Crippen MR) is 75.9 cm³/mol. The molecule has 0 aliphatic carbocycles. The molecule has 0 atom stereocenters. The molecule has 0 fully saturated rings. The third-order valence-electron chi connectivity index (χ3n) is 2.56. The Morgan fingerprint density at radius 1 is 1.55 bits per heavy atom. The van der Waals surface area contributed by atoms with Gasteiger partial charge in [0.05, 0.1) is 11.0 Å². The van der Waals surface area contributed by atoms with E-state index in [1.807, 2.05) is 19.9 Å². The Kier molecular flexibility index (Phi) is 5.88. The fraction of sp³-hybridized carbons (Fsp3) is 0.500. The lowest BCUT2D eigenvalue weighted by atomic mass is 10.2. The van der Waals surface area contributed by atoms with Crippen LogP contribution in [0.1, 0.15) is 20.3 Å². The molecule has 0 aliphatic heterocycles. The predicted octanol–water partition coefficient (Wildman–Crippen LogP) is 0.928. The largest absolute Gasteiger partial charge is 0.308 e. The van der Waals surface area contributed by atoms with Gasteiger partial charge < -0.3 is 5.43 Å². The quantitative estimate of drug-likeness (QED) is 0.572. The van der Waals surface area contributed by atoms with Crippen molar-refractivity contribution in [3.63, 3.8) is 0 Å². The zero-order valence-electron chi connectivity index (χ0n) is 11.6. The number of nitriles is 1. The minimum Gasteiger partial charge on any atom is -0.308 e. The first-order chi connectivity index (χ1) is 9.41. The maximum Gasteiger partial charge on any atom is 0.243 e. The topological polar surface area (TPSA) is 112 Å². The fourth-order valence-electron chi connectivity index (χ4n) is 1.69. The summed E-state index contributed by atoms with van der Waals surface area (Å²) in [4.78, 5) is 3.99. The van der Waals surface area contributed by atoms with Crippen LogP contribution in [-0.2, 0) is 10.0 Å². The molecule has 0 amide bonds. The van der Waals surface area contributed by atoms with Gasteiger partial charge in [0.2, 0.25) is 10.0 Å². The van der Waals surface area contributed by atoms with E-state index >= 15 is 0 Å². The average molecular weight is 297 g/mol. The van der Waals surface area contributed by atoms with E-state index in [2.05, 4.69) is 10.4 Å². The van der Waals surface area contributed by atoms with Crippen molar-refractivity contribution in [3.05, 3.63) is 18.3 Å². The van der Waals surface area contributed by atoms with Gasteiger partial charge >= 0.3 is 0 Å². The third kappa shape index (κ3) is 4.16. The summed E-state index contributed by atoms with van der Waals surface area (Å²) in [7, 11) is -3.65. The summed E-state index contributed by atoms with van der Waals surface area (Å²) in [6, 6.07) is 4.75. The number of nitrogens with one attached hydrogen (secondary N) is 1. The van der Waals surface area contributed by atoms with Crippen molar-refractivity contribution in [2.45, 2.75) is 25.2 Å². The molecule has 1 aromatic rings. The molecule has 110 valence electrons. The first-order valence-electron chi connectivity index (χ1n) is 6.21. The van der Waals surface area contributed by atoms with E-state index in [9.17, 15) is 8.42 Å². The zero-order chi connectivity index (χ0) is 15.2. The fourth-order valence-corrected chi connectivity index (χ4v) is 3.31. The van der Waals surface area contributed by atoms with Crippen LogP contribution in [0.15, 0.2) is 23.2 Å². The van der Waals surface area contributed by atoms with E-state index < -0.39 is 10.0 Å².